The molecule has 10 heteroatoms. The third kappa shape index (κ3) is 4.55. The zero-order valence-electron chi connectivity index (χ0n) is 13.6. The van der Waals surface area contributed by atoms with Crippen LogP contribution in [0.25, 0.3) is 0 Å². The van der Waals surface area contributed by atoms with Gasteiger partial charge in [-0.3, -0.25) is 3.87 Å². The van der Waals surface area contributed by atoms with Crippen LogP contribution in [0, 0.1) is 0 Å². The molecule has 0 radical (unpaired) electrons. The normalized spacial score (nSPS) is 16.9. The van der Waals surface area contributed by atoms with Gasteiger partial charge in [-0.15, -0.1) is 0 Å². The third-order valence-electron chi connectivity index (χ3n) is 2.98. The Hall–Kier alpha value is 0.127. The molecule has 0 N–H and O–H groups in total. The third-order valence-corrected chi connectivity index (χ3v) is 11.4. The molecule has 0 saturated heterocycles. The summed E-state index contributed by atoms with van der Waals surface area (Å²) in [4.78, 5) is 0. The Morgan fingerprint density at radius 1 is 1.00 bits per heavy atom. The lowest BCUT2D eigenvalue weighted by atomic mass is 10.2. The number of alkyl halides is 1. The highest BCUT2D eigenvalue weighted by Crippen LogP contribution is 2.53. The lowest BCUT2D eigenvalue weighted by molar-refractivity contribution is 0.251. The maximum atomic E-state index is 13.9. The Labute approximate surface area is 130 Å². The summed E-state index contributed by atoms with van der Waals surface area (Å²) in [6, 6.07) is 0. The second kappa shape index (κ2) is 5.97. The molecule has 0 aromatic heterocycles. The molecule has 0 bridgehead atoms. The maximum absolute atomic E-state index is 13.9. The first-order chi connectivity index (χ1) is 8.87. The maximum Gasteiger partial charge on any atom is 0.381 e. The van der Waals surface area contributed by atoms with Crippen LogP contribution in [0.5, 0.6) is 0 Å². The average molecular weight is 364 g/mol. The van der Waals surface area contributed by atoms with Crippen molar-refractivity contribution in [3.8, 4) is 0 Å². The Balaban J connectivity index is 6.25. The van der Waals surface area contributed by atoms with Gasteiger partial charge in [0.25, 0.3) is 10.1 Å². The first kappa shape index (κ1) is 21.1. The molecular formula is C11H24FO6S2Si-. The molecule has 0 spiro atoms. The van der Waals surface area contributed by atoms with Crippen LogP contribution in [0.2, 0.25) is 10.1 Å². The predicted molar refractivity (Wildman–Crippen MR) is 80.4 cm³/mol. The smallest absolute Gasteiger partial charge is 0.381 e. The number of rotatable bonds is 5. The van der Waals surface area contributed by atoms with Gasteiger partial charge in [-0.2, -0.15) is 8.42 Å². The number of hydrogen-bond donors (Lipinski definition) is 0. The lowest BCUT2D eigenvalue weighted by Crippen LogP contribution is -2.59. The van der Waals surface area contributed by atoms with Crippen molar-refractivity contribution in [1.29, 1.82) is 0 Å². The Bertz CT molecular complexity index is 484. The zero-order chi connectivity index (χ0) is 17.5. The van der Waals surface area contributed by atoms with E-state index in [9.17, 15) is 21.6 Å². The van der Waals surface area contributed by atoms with Crippen molar-refractivity contribution in [3.05, 3.63) is 0 Å². The van der Waals surface area contributed by atoms with Gasteiger partial charge >= 0.3 is 8.56 Å². The van der Waals surface area contributed by atoms with Gasteiger partial charge in [-0.25, -0.2) is 8.60 Å². The zero-order valence-corrected chi connectivity index (χ0v) is 16.3. The van der Waals surface area contributed by atoms with Crippen LogP contribution in [0.4, 0.5) is 4.39 Å². The molecule has 0 heterocycles. The van der Waals surface area contributed by atoms with Crippen LogP contribution >= 0.6 is 0 Å². The van der Waals surface area contributed by atoms with E-state index in [1.54, 1.807) is 41.5 Å². The minimum Gasteiger partial charge on any atom is -0.750 e. The first-order valence-electron chi connectivity index (χ1n) is 6.30. The second-order valence-corrected chi connectivity index (χ2v) is 15.2. The topological polar surface area (TPSA) is 92.7 Å². The minimum atomic E-state index is -4.67. The molecule has 0 rings (SSSR count). The minimum absolute atomic E-state index is 0.834. The number of hydrogen-bond acceptors (Lipinski definition) is 6. The molecular weight excluding hydrogens is 339 g/mol. The molecule has 0 aliphatic heterocycles. The van der Waals surface area contributed by atoms with Gasteiger partial charge in [0, 0.05) is 10.1 Å². The quantitative estimate of drug-likeness (QED) is 0.551. The molecule has 6 nitrogen and oxygen atoms in total. The SMILES string of the molecule is CC(C)(C)[Si](OS(=O)[O-])(OS(=O)(=O)C(C)(C)F)C(C)(C)C. The molecule has 21 heavy (non-hydrogen) atoms. The summed E-state index contributed by atoms with van der Waals surface area (Å²) < 4.78 is 70.4. The standard InChI is InChI=1S/C11H25FO6S2Si/c1-9(2,3)21(10(4,5)6,17-19(13)14)18-20(15,16)11(7,8)12/h1-8H3,(H,13,14)/p-1. The second-order valence-electron chi connectivity index (χ2n) is 7.30. The van der Waals surface area contributed by atoms with Gasteiger partial charge in [-0.05, 0) is 13.8 Å². The Morgan fingerprint density at radius 3 is 1.52 bits per heavy atom. The van der Waals surface area contributed by atoms with Crippen LogP contribution in [0.3, 0.4) is 0 Å². The van der Waals surface area contributed by atoms with E-state index in [1.807, 2.05) is 0 Å². The molecule has 0 aromatic carbocycles. The number of halogens is 1. The molecule has 0 aromatic rings. The van der Waals surface area contributed by atoms with Crippen molar-refractivity contribution in [2.45, 2.75) is 70.5 Å². The van der Waals surface area contributed by atoms with E-state index >= 15 is 0 Å². The lowest BCUT2D eigenvalue weighted by Gasteiger charge is -2.48. The molecule has 1 atom stereocenters. The fourth-order valence-electron chi connectivity index (χ4n) is 1.99. The first-order valence-corrected chi connectivity index (χ1v) is 10.5. The van der Waals surface area contributed by atoms with Gasteiger partial charge in [0.1, 0.15) is 0 Å². The van der Waals surface area contributed by atoms with Gasteiger partial charge < -0.3 is 8.42 Å². The fraction of sp³-hybridized carbons (Fsp3) is 1.00. The van der Waals surface area contributed by atoms with Crippen molar-refractivity contribution in [1.82, 2.24) is 0 Å². The van der Waals surface area contributed by atoms with Gasteiger partial charge in [-0.1, -0.05) is 41.5 Å². The van der Waals surface area contributed by atoms with Gasteiger partial charge in [0.2, 0.25) is 5.00 Å². The van der Waals surface area contributed by atoms with Crippen molar-refractivity contribution in [2.24, 2.45) is 0 Å². The molecule has 0 amide bonds. The fourth-order valence-corrected chi connectivity index (χ4v) is 11.4. The monoisotopic (exact) mass is 363 g/mol. The highest BCUT2D eigenvalue weighted by Gasteiger charge is 2.63. The van der Waals surface area contributed by atoms with Crippen LogP contribution < -0.4 is 0 Å². The summed E-state index contributed by atoms with van der Waals surface area (Å²) in [5.74, 6) is 0. The van der Waals surface area contributed by atoms with Crippen molar-refractivity contribution < 1.29 is 29.3 Å². The van der Waals surface area contributed by atoms with E-state index in [2.05, 4.69) is 0 Å². The molecule has 128 valence electrons. The van der Waals surface area contributed by atoms with Crippen molar-refractivity contribution in [2.75, 3.05) is 0 Å². The van der Waals surface area contributed by atoms with Crippen LogP contribution in [-0.2, 0) is 29.2 Å². The summed E-state index contributed by atoms with van der Waals surface area (Å²) in [7, 11) is -8.62. The molecule has 0 aliphatic carbocycles. The highest BCUT2D eigenvalue weighted by atomic mass is 32.2. The summed E-state index contributed by atoms with van der Waals surface area (Å²) in [6.07, 6.45) is 0. The van der Waals surface area contributed by atoms with Crippen LogP contribution in [0.1, 0.15) is 55.4 Å². The van der Waals surface area contributed by atoms with Crippen molar-refractivity contribution >= 4 is 30.0 Å². The van der Waals surface area contributed by atoms with Gasteiger partial charge in [0.15, 0.2) is 0 Å². The van der Waals surface area contributed by atoms with E-state index < -0.39 is 45.1 Å². The summed E-state index contributed by atoms with van der Waals surface area (Å²) >= 11 is -2.99. The summed E-state index contributed by atoms with van der Waals surface area (Å²) in [5.41, 5.74) is 0. The highest BCUT2D eigenvalue weighted by molar-refractivity contribution is 7.89. The van der Waals surface area contributed by atoms with E-state index in [4.69, 9.17) is 7.74 Å². The van der Waals surface area contributed by atoms with Gasteiger partial charge in [0.05, 0.1) is 11.4 Å². The Morgan fingerprint density at radius 2 is 1.33 bits per heavy atom. The van der Waals surface area contributed by atoms with E-state index in [0.717, 1.165) is 13.8 Å². The van der Waals surface area contributed by atoms with Crippen molar-refractivity contribution in [3.63, 3.8) is 0 Å². The average Bonchev–Trinajstić information content (AvgIpc) is 2.09. The largest absolute Gasteiger partial charge is 0.750 e. The molecule has 0 saturated carbocycles. The molecule has 1 unspecified atom stereocenters. The molecule has 0 fully saturated rings. The van der Waals surface area contributed by atoms with Crippen LogP contribution in [0.15, 0.2) is 0 Å². The Kier molecular flexibility index (Phi) is 6.00. The predicted octanol–water partition coefficient (Wildman–Crippen LogP) is 2.89. The van der Waals surface area contributed by atoms with E-state index in [0.29, 0.717) is 0 Å². The molecule has 0 aliphatic rings. The summed E-state index contributed by atoms with van der Waals surface area (Å²) in [6.45, 7) is 11.3. The van der Waals surface area contributed by atoms with E-state index in [1.165, 1.54) is 0 Å². The summed E-state index contributed by atoms with van der Waals surface area (Å²) in [5, 5.41) is -4.55. The van der Waals surface area contributed by atoms with Crippen LogP contribution in [-0.4, -0.2) is 30.7 Å². The van der Waals surface area contributed by atoms with E-state index in [-0.39, 0.29) is 0 Å².